The molecule has 0 amide bonds. The van der Waals surface area contributed by atoms with Gasteiger partial charge in [-0.3, -0.25) is 0 Å². The first kappa shape index (κ1) is 20.0. The average molecular weight is 464 g/mol. The normalized spacial score (nSPS) is 19.6. The minimum atomic E-state index is 0.110. The summed E-state index contributed by atoms with van der Waals surface area (Å²) in [4.78, 5) is 24.5. The van der Waals surface area contributed by atoms with Crippen molar-refractivity contribution in [2.45, 2.75) is 35.2 Å². The van der Waals surface area contributed by atoms with E-state index in [1.807, 2.05) is 12.1 Å². The molecule has 4 heterocycles. The van der Waals surface area contributed by atoms with Gasteiger partial charge in [0.25, 0.3) is 0 Å². The second-order valence-corrected chi connectivity index (χ2v) is 9.96. The number of H-pyrrole nitrogens is 1. The van der Waals surface area contributed by atoms with Gasteiger partial charge in [0.2, 0.25) is 5.95 Å². The van der Waals surface area contributed by atoms with E-state index in [1.54, 1.807) is 12.4 Å². The SMILES string of the molecule is N[C@@H]1c2ccccc2CC12CCN(c1nc3nc(Sc4cccnc4Cl)cnc3[nH]1)CC2. The Morgan fingerprint density at radius 3 is 2.75 bits per heavy atom. The molecule has 7 nitrogen and oxygen atoms in total. The highest BCUT2D eigenvalue weighted by molar-refractivity contribution is 7.99. The van der Waals surface area contributed by atoms with Gasteiger partial charge in [-0.2, -0.15) is 4.98 Å². The maximum Gasteiger partial charge on any atom is 0.206 e. The second-order valence-electron chi connectivity index (χ2n) is 8.54. The number of rotatable bonds is 3. The monoisotopic (exact) mass is 463 g/mol. The second kappa shape index (κ2) is 7.72. The van der Waals surface area contributed by atoms with Crippen molar-refractivity contribution in [2.75, 3.05) is 18.0 Å². The van der Waals surface area contributed by atoms with Crippen LogP contribution in [-0.2, 0) is 6.42 Å². The number of nitrogens with two attached hydrogens (primary N) is 1. The zero-order chi connectivity index (χ0) is 21.7. The molecule has 9 heteroatoms. The quantitative estimate of drug-likeness (QED) is 0.435. The summed E-state index contributed by atoms with van der Waals surface area (Å²) in [5.41, 5.74) is 10.9. The Hall–Kier alpha value is -2.68. The highest BCUT2D eigenvalue weighted by atomic mass is 35.5. The van der Waals surface area contributed by atoms with Crippen molar-refractivity contribution in [3.63, 3.8) is 0 Å². The Bertz CT molecular complexity index is 1300. The van der Waals surface area contributed by atoms with E-state index in [1.165, 1.54) is 22.9 Å². The molecule has 1 aliphatic heterocycles. The lowest BCUT2D eigenvalue weighted by Crippen LogP contribution is -2.44. The molecular weight excluding hydrogens is 442 g/mol. The number of nitrogens with zero attached hydrogens (tertiary/aromatic N) is 5. The summed E-state index contributed by atoms with van der Waals surface area (Å²) < 4.78 is 0. The summed E-state index contributed by atoms with van der Waals surface area (Å²) in [6.07, 6.45) is 6.56. The minimum Gasteiger partial charge on any atom is -0.342 e. The Balaban J connectivity index is 1.19. The Morgan fingerprint density at radius 2 is 1.94 bits per heavy atom. The van der Waals surface area contributed by atoms with E-state index in [9.17, 15) is 0 Å². The molecule has 0 radical (unpaired) electrons. The molecule has 1 saturated heterocycles. The van der Waals surface area contributed by atoms with Gasteiger partial charge in [0, 0.05) is 25.3 Å². The standard InChI is InChI=1S/C23H22ClN7S/c24-19-16(6-3-9-26-19)32-17-13-27-20-21(28-17)30-22(29-20)31-10-7-23(8-11-31)12-14-4-1-2-5-15(14)18(23)25/h1-6,9,13,18H,7-8,10-12,25H2,(H,27,28,29,30)/t18-/m1/s1. The predicted octanol–water partition coefficient (Wildman–Crippen LogP) is 4.40. The molecule has 0 unspecified atom stereocenters. The first-order valence-corrected chi connectivity index (χ1v) is 11.9. The summed E-state index contributed by atoms with van der Waals surface area (Å²) in [5.74, 6) is 0.820. The van der Waals surface area contributed by atoms with E-state index in [4.69, 9.17) is 22.3 Å². The van der Waals surface area contributed by atoms with E-state index in [2.05, 4.69) is 49.1 Å². The van der Waals surface area contributed by atoms with E-state index >= 15 is 0 Å². The van der Waals surface area contributed by atoms with Crippen molar-refractivity contribution in [2.24, 2.45) is 11.1 Å². The van der Waals surface area contributed by atoms with Crippen LogP contribution in [0.3, 0.4) is 0 Å². The van der Waals surface area contributed by atoms with E-state index in [0.29, 0.717) is 16.4 Å². The predicted molar refractivity (Wildman–Crippen MR) is 126 cm³/mol. The number of pyridine rings is 1. The molecule has 1 spiro atoms. The number of hydrogen-bond acceptors (Lipinski definition) is 7. The fourth-order valence-corrected chi connectivity index (χ4v) is 5.97. The molecule has 1 aliphatic carbocycles. The van der Waals surface area contributed by atoms with Crippen LogP contribution >= 0.6 is 23.4 Å². The van der Waals surface area contributed by atoms with Crippen LogP contribution in [0.2, 0.25) is 5.15 Å². The molecule has 0 bridgehead atoms. The number of anilines is 1. The minimum absolute atomic E-state index is 0.110. The molecule has 32 heavy (non-hydrogen) atoms. The van der Waals surface area contributed by atoms with Gasteiger partial charge in [-0.15, -0.1) is 0 Å². The number of fused-ring (bicyclic) bond motifs is 2. The van der Waals surface area contributed by atoms with Crippen LogP contribution in [0, 0.1) is 5.41 Å². The summed E-state index contributed by atoms with van der Waals surface area (Å²) >= 11 is 7.60. The third-order valence-corrected chi connectivity index (χ3v) is 8.13. The molecular formula is C23H22ClN7S. The molecule has 4 aromatic rings. The summed E-state index contributed by atoms with van der Waals surface area (Å²) in [6.45, 7) is 1.82. The van der Waals surface area contributed by atoms with Gasteiger partial charge in [0.15, 0.2) is 11.3 Å². The molecule has 1 atom stereocenters. The van der Waals surface area contributed by atoms with Crippen LogP contribution in [-0.4, -0.2) is 38.0 Å². The van der Waals surface area contributed by atoms with Crippen molar-refractivity contribution in [3.05, 3.63) is 65.1 Å². The maximum absolute atomic E-state index is 6.71. The fourth-order valence-electron chi connectivity index (χ4n) is 4.99. The lowest BCUT2D eigenvalue weighted by atomic mass is 9.73. The van der Waals surface area contributed by atoms with Crippen LogP contribution in [0.1, 0.15) is 30.0 Å². The number of benzene rings is 1. The van der Waals surface area contributed by atoms with Crippen LogP contribution in [0.15, 0.2) is 58.7 Å². The van der Waals surface area contributed by atoms with Gasteiger partial charge < -0.3 is 15.6 Å². The highest BCUT2D eigenvalue weighted by Gasteiger charge is 2.46. The smallest absolute Gasteiger partial charge is 0.206 e. The molecule has 3 aromatic heterocycles. The number of halogens is 1. The lowest BCUT2D eigenvalue weighted by molar-refractivity contribution is 0.187. The van der Waals surface area contributed by atoms with Gasteiger partial charge in [0.1, 0.15) is 10.2 Å². The Kier molecular flexibility index (Phi) is 4.82. The Morgan fingerprint density at radius 1 is 1.09 bits per heavy atom. The lowest BCUT2D eigenvalue weighted by Gasteiger charge is -2.42. The molecule has 6 rings (SSSR count). The summed E-state index contributed by atoms with van der Waals surface area (Å²) in [7, 11) is 0. The van der Waals surface area contributed by atoms with E-state index in [0.717, 1.165) is 48.2 Å². The van der Waals surface area contributed by atoms with Crippen LogP contribution in [0.4, 0.5) is 5.95 Å². The summed E-state index contributed by atoms with van der Waals surface area (Å²) in [5, 5.41) is 1.19. The number of piperidine rings is 1. The fraction of sp³-hybridized carbons (Fsp3) is 0.304. The van der Waals surface area contributed by atoms with Crippen LogP contribution < -0.4 is 10.6 Å². The van der Waals surface area contributed by atoms with Gasteiger partial charge in [0.05, 0.1) is 11.1 Å². The maximum atomic E-state index is 6.71. The molecule has 162 valence electrons. The molecule has 3 N–H and O–H groups in total. The van der Waals surface area contributed by atoms with Gasteiger partial charge in [-0.1, -0.05) is 47.6 Å². The van der Waals surface area contributed by atoms with Crippen molar-refractivity contribution >= 4 is 40.6 Å². The van der Waals surface area contributed by atoms with Crippen molar-refractivity contribution in [1.82, 2.24) is 24.9 Å². The third-order valence-electron chi connectivity index (χ3n) is 6.76. The first-order chi connectivity index (χ1) is 15.6. The van der Waals surface area contributed by atoms with Gasteiger partial charge in [-0.25, -0.2) is 15.0 Å². The van der Waals surface area contributed by atoms with Gasteiger partial charge in [-0.05, 0) is 47.9 Å². The molecule has 1 aromatic carbocycles. The topological polar surface area (TPSA) is 96.6 Å². The van der Waals surface area contributed by atoms with E-state index < -0.39 is 0 Å². The number of hydrogen-bond donors (Lipinski definition) is 2. The summed E-state index contributed by atoms with van der Waals surface area (Å²) in [6, 6.07) is 12.5. The zero-order valence-electron chi connectivity index (χ0n) is 17.3. The Labute approximate surface area is 194 Å². The first-order valence-electron chi connectivity index (χ1n) is 10.7. The highest BCUT2D eigenvalue weighted by Crippen LogP contribution is 2.50. The number of aromatic nitrogens is 5. The number of nitrogens with one attached hydrogen (secondary N) is 1. The third kappa shape index (κ3) is 3.34. The van der Waals surface area contributed by atoms with E-state index in [-0.39, 0.29) is 11.5 Å². The zero-order valence-corrected chi connectivity index (χ0v) is 18.9. The number of imidazole rings is 1. The molecule has 1 fully saturated rings. The molecule has 2 aliphatic rings. The largest absolute Gasteiger partial charge is 0.342 e. The van der Waals surface area contributed by atoms with Gasteiger partial charge >= 0.3 is 0 Å². The van der Waals surface area contributed by atoms with Crippen LogP contribution in [0.25, 0.3) is 11.3 Å². The number of aromatic amines is 1. The van der Waals surface area contributed by atoms with Crippen molar-refractivity contribution in [3.8, 4) is 0 Å². The average Bonchev–Trinajstić information content (AvgIpc) is 3.35. The van der Waals surface area contributed by atoms with Crippen LogP contribution in [0.5, 0.6) is 0 Å². The van der Waals surface area contributed by atoms with Crippen molar-refractivity contribution < 1.29 is 0 Å². The van der Waals surface area contributed by atoms with Crippen molar-refractivity contribution in [1.29, 1.82) is 0 Å². The molecule has 0 saturated carbocycles.